The first-order chi connectivity index (χ1) is 6.67. The zero-order valence-electron chi connectivity index (χ0n) is 8.36. The average Bonchev–Trinajstić information content (AvgIpc) is 2.17. The molecule has 0 radical (unpaired) electrons. The molecule has 0 amide bonds. The van der Waals surface area contributed by atoms with Crippen LogP contribution in [0.2, 0.25) is 0 Å². The van der Waals surface area contributed by atoms with Gasteiger partial charge in [-0.15, -0.1) is 0 Å². The van der Waals surface area contributed by atoms with Crippen LogP contribution in [0.1, 0.15) is 26.2 Å². The van der Waals surface area contributed by atoms with Crippen LogP contribution < -0.4 is 0 Å². The van der Waals surface area contributed by atoms with Crippen molar-refractivity contribution in [3.05, 3.63) is 0 Å². The molecule has 4 nitrogen and oxygen atoms in total. The predicted octanol–water partition coefficient (Wildman–Crippen LogP) is 0.527. The molecule has 1 aliphatic rings. The van der Waals surface area contributed by atoms with Crippen molar-refractivity contribution >= 4 is 11.8 Å². The Kier molecular flexibility index (Phi) is 4.07. The normalized spacial score (nSPS) is 27.4. The third-order valence-electron chi connectivity index (χ3n) is 2.49. The molecule has 14 heavy (non-hydrogen) atoms. The van der Waals surface area contributed by atoms with E-state index >= 15 is 0 Å². The second kappa shape index (κ2) is 5.10. The second-order valence-corrected chi connectivity index (χ2v) is 3.68. The maximum atomic E-state index is 11.3. The van der Waals surface area contributed by atoms with E-state index in [1.165, 1.54) is 0 Å². The van der Waals surface area contributed by atoms with E-state index in [1.807, 2.05) is 0 Å². The van der Waals surface area contributed by atoms with Crippen LogP contribution in [0.4, 0.5) is 0 Å². The Morgan fingerprint density at radius 2 is 2.29 bits per heavy atom. The van der Waals surface area contributed by atoms with Crippen molar-refractivity contribution in [2.75, 3.05) is 13.2 Å². The van der Waals surface area contributed by atoms with Crippen LogP contribution in [-0.4, -0.2) is 30.1 Å². The van der Waals surface area contributed by atoms with Gasteiger partial charge in [0.25, 0.3) is 0 Å². The van der Waals surface area contributed by atoms with Crippen LogP contribution in [0, 0.1) is 11.8 Å². The Hall–Kier alpha value is -0.900. The Morgan fingerprint density at radius 3 is 2.86 bits per heavy atom. The van der Waals surface area contributed by atoms with E-state index in [0.717, 1.165) is 0 Å². The van der Waals surface area contributed by atoms with Crippen molar-refractivity contribution in [2.24, 2.45) is 11.8 Å². The summed E-state index contributed by atoms with van der Waals surface area (Å²) in [5.74, 6) is -0.661. The van der Waals surface area contributed by atoms with Crippen molar-refractivity contribution in [2.45, 2.75) is 26.2 Å². The molecule has 1 fully saturated rings. The number of aliphatic hydroxyl groups excluding tert-OH is 1. The molecule has 0 aliphatic heterocycles. The van der Waals surface area contributed by atoms with E-state index in [-0.39, 0.29) is 36.6 Å². The molecule has 0 bridgehead atoms. The minimum absolute atomic E-state index is 0.0261. The number of esters is 1. The summed E-state index contributed by atoms with van der Waals surface area (Å²) in [6, 6.07) is 0. The first-order valence-corrected chi connectivity index (χ1v) is 4.96. The molecular formula is C10H16O4. The van der Waals surface area contributed by atoms with Gasteiger partial charge in [-0.25, -0.2) is 0 Å². The van der Waals surface area contributed by atoms with E-state index in [9.17, 15) is 9.59 Å². The van der Waals surface area contributed by atoms with E-state index in [0.29, 0.717) is 19.4 Å². The lowest BCUT2D eigenvalue weighted by atomic mass is 9.81. The molecule has 1 saturated carbocycles. The van der Waals surface area contributed by atoms with Gasteiger partial charge in [0.15, 0.2) is 0 Å². The maximum absolute atomic E-state index is 11.3. The molecule has 1 rings (SSSR count). The summed E-state index contributed by atoms with van der Waals surface area (Å²) in [4.78, 5) is 22.6. The third-order valence-corrected chi connectivity index (χ3v) is 2.49. The molecule has 4 heteroatoms. The first-order valence-electron chi connectivity index (χ1n) is 4.96. The molecule has 0 heterocycles. The van der Waals surface area contributed by atoms with Crippen LogP contribution >= 0.6 is 0 Å². The number of rotatable bonds is 3. The number of ketones is 1. The number of carbonyl (C=O) groups is 2. The van der Waals surface area contributed by atoms with Gasteiger partial charge in [0, 0.05) is 19.4 Å². The van der Waals surface area contributed by atoms with E-state index in [4.69, 9.17) is 9.84 Å². The Labute approximate surface area is 83.2 Å². The molecule has 2 atom stereocenters. The van der Waals surface area contributed by atoms with Gasteiger partial charge in [-0.05, 0) is 19.3 Å². The molecule has 0 aromatic heterocycles. The molecule has 0 aromatic rings. The zero-order chi connectivity index (χ0) is 10.6. The lowest BCUT2D eigenvalue weighted by molar-refractivity contribution is -0.152. The number of carbonyl (C=O) groups excluding carboxylic acids is 2. The molecule has 0 spiro atoms. The van der Waals surface area contributed by atoms with Crippen LogP contribution in [0.5, 0.6) is 0 Å². The summed E-state index contributed by atoms with van der Waals surface area (Å²) in [5, 5.41) is 8.93. The fourth-order valence-corrected chi connectivity index (χ4v) is 1.83. The largest absolute Gasteiger partial charge is 0.466 e. The van der Waals surface area contributed by atoms with Crippen molar-refractivity contribution in [3.8, 4) is 0 Å². The van der Waals surface area contributed by atoms with E-state index in [2.05, 4.69) is 0 Å². The lowest BCUT2D eigenvalue weighted by Crippen LogP contribution is -2.30. The molecule has 80 valence electrons. The third kappa shape index (κ3) is 2.80. The summed E-state index contributed by atoms with van der Waals surface area (Å²) >= 11 is 0. The average molecular weight is 200 g/mol. The predicted molar refractivity (Wildman–Crippen MR) is 49.6 cm³/mol. The van der Waals surface area contributed by atoms with Crippen molar-refractivity contribution in [3.63, 3.8) is 0 Å². The Morgan fingerprint density at radius 1 is 1.57 bits per heavy atom. The number of hydrogen-bond acceptors (Lipinski definition) is 4. The molecule has 0 unspecified atom stereocenters. The smallest absolute Gasteiger partial charge is 0.309 e. The van der Waals surface area contributed by atoms with Crippen molar-refractivity contribution in [1.82, 2.24) is 0 Å². The summed E-state index contributed by atoms with van der Waals surface area (Å²) in [6.45, 7) is 2.06. The quantitative estimate of drug-likeness (QED) is 0.675. The monoisotopic (exact) mass is 200 g/mol. The Balaban J connectivity index is 2.52. The van der Waals surface area contributed by atoms with Gasteiger partial charge in [-0.2, -0.15) is 0 Å². The van der Waals surface area contributed by atoms with Crippen LogP contribution in [0.3, 0.4) is 0 Å². The topological polar surface area (TPSA) is 63.6 Å². The van der Waals surface area contributed by atoms with Gasteiger partial charge in [-0.1, -0.05) is 0 Å². The van der Waals surface area contributed by atoms with Crippen LogP contribution in [-0.2, 0) is 14.3 Å². The van der Waals surface area contributed by atoms with Crippen molar-refractivity contribution < 1.29 is 19.4 Å². The minimum Gasteiger partial charge on any atom is -0.466 e. The Bertz CT molecular complexity index is 224. The molecule has 0 aromatic carbocycles. The molecular weight excluding hydrogens is 184 g/mol. The molecule has 1 N–H and O–H groups in total. The highest BCUT2D eigenvalue weighted by atomic mass is 16.5. The van der Waals surface area contributed by atoms with Gasteiger partial charge >= 0.3 is 5.97 Å². The molecule has 1 aliphatic carbocycles. The zero-order valence-corrected chi connectivity index (χ0v) is 8.36. The highest BCUT2D eigenvalue weighted by Crippen LogP contribution is 2.27. The summed E-state index contributed by atoms with van der Waals surface area (Å²) in [6.07, 6.45) is 1.24. The second-order valence-electron chi connectivity index (χ2n) is 3.68. The maximum Gasteiger partial charge on any atom is 0.309 e. The SMILES string of the molecule is CCOC(=O)[C@@H]1CC(=O)C[C@@H](CO)C1. The lowest BCUT2D eigenvalue weighted by Gasteiger charge is -2.25. The van der Waals surface area contributed by atoms with Crippen LogP contribution in [0.15, 0.2) is 0 Å². The standard InChI is InChI=1S/C10H16O4/c1-2-14-10(13)8-3-7(6-11)4-9(12)5-8/h7-8,11H,2-6H2,1H3/t7-,8-/m0/s1. The molecule has 0 saturated heterocycles. The van der Waals surface area contributed by atoms with Gasteiger partial charge in [-0.3, -0.25) is 9.59 Å². The fraction of sp³-hybridized carbons (Fsp3) is 0.800. The summed E-state index contributed by atoms with van der Waals surface area (Å²) in [5.41, 5.74) is 0. The highest BCUT2D eigenvalue weighted by molar-refractivity contribution is 5.85. The number of Topliss-reactive ketones (excluding diaryl/α,β-unsaturated/α-hetero) is 1. The van der Waals surface area contributed by atoms with Crippen LogP contribution in [0.25, 0.3) is 0 Å². The first kappa shape index (κ1) is 11.2. The minimum atomic E-state index is -0.339. The highest BCUT2D eigenvalue weighted by Gasteiger charge is 2.32. The number of ether oxygens (including phenoxy) is 1. The summed E-state index contributed by atoms with van der Waals surface area (Å²) < 4.78 is 4.85. The van der Waals surface area contributed by atoms with Gasteiger partial charge in [0.1, 0.15) is 5.78 Å². The number of aliphatic hydroxyl groups is 1. The van der Waals surface area contributed by atoms with Gasteiger partial charge < -0.3 is 9.84 Å². The fourth-order valence-electron chi connectivity index (χ4n) is 1.83. The van der Waals surface area contributed by atoms with Crippen molar-refractivity contribution in [1.29, 1.82) is 0 Å². The van der Waals surface area contributed by atoms with E-state index in [1.54, 1.807) is 6.92 Å². The number of hydrogen-bond donors (Lipinski definition) is 1. The van der Waals surface area contributed by atoms with Gasteiger partial charge in [0.2, 0.25) is 0 Å². The van der Waals surface area contributed by atoms with Gasteiger partial charge in [0.05, 0.1) is 12.5 Å². The summed E-state index contributed by atoms with van der Waals surface area (Å²) in [7, 11) is 0. The van der Waals surface area contributed by atoms with E-state index < -0.39 is 0 Å².